The SMILES string of the molecule is CCCCCC(C)(O)c1ccc(C(F)(F)F)c(F)c1. The molecule has 1 nitrogen and oxygen atoms in total. The van der Waals surface area contributed by atoms with Crippen LogP contribution in [0.5, 0.6) is 0 Å². The van der Waals surface area contributed by atoms with Crippen molar-refractivity contribution in [3.8, 4) is 0 Å². The number of halogens is 4. The van der Waals surface area contributed by atoms with Crippen molar-refractivity contribution in [2.75, 3.05) is 0 Å². The van der Waals surface area contributed by atoms with E-state index in [0.717, 1.165) is 31.4 Å². The first-order valence-electron chi connectivity index (χ1n) is 6.28. The van der Waals surface area contributed by atoms with E-state index < -0.39 is 23.2 Å². The first kappa shape index (κ1) is 16.0. The van der Waals surface area contributed by atoms with E-state index >= 15 is 0 Å². The molecule has 0 aromatic heterocycles. The lowest BCUT2D eigenvalue weighted by molar-refractivity contribution is -0.140. The number of unbranched alkanes of at least 4 members (excludes halogenated alkanes) is 2. The molecule has 1 rings (SSSR count). The Kier molecular flexibility index (Phi) is 4.96. The Morgan fingerprint density at radius 1 is 1.16 bits per heavy atom. The molecule has 19 heavy (non-hydrogen) atoms. The largest absolute Gasteiger partial charge is 0.419 e. The maximum absolute atomic E-state index is 13.4. The second-order valence-corrected chi connectivity index (χ2v) is 4.92. The Morgan fingerprint density at radius 3 is 2.26 bits per heavy atom. The van der Waals surface area contributed by atoms with Crippen molar-refractivity contribution in [2.24, 2.45) is 0 Å². The summed E-state index contributed by atoms with van der Waals surface area (Å²) in [4.78, 5) is 0. The van der Waals surface area contributed by atoms with Crippen LogP contribution in [0.3, 0.4) is 0 Å². The zero-order chi connectivity index (χ0) is 14.7. The molecule has 0 heterocycles. The fraction of sp³-hybridized carbons (Fsp3) is 0.571. The third-order valence-electron chi connectivity index (χ3n) is 3.16. The number of aliphatic hydroxyl groups is 1. The summed E-state index contributed by atoms with van der Waals surface area (Å²) in [6.45, 7) is 3.50. The Balaban J connectivity index is 2.93. The maximum atomic E-state index is 13.4. The molecule has 0 aliphatic carbocycles. The molecule has 0 spiro atoms. The third kappa shape index (κ3) is 4.20. The van der Waals surface area contributed by atoms with E-state index in [1.807, 2.05) is 6.92 Å². The normalized spacial score (nSPS) is 15.3. The Morgan fingerprint density at radius 2 is 1.79 bits per heavy atom. The Labute approximate surface area is 110 Å². The van der Waals surface area contributed by atoms with Gasteiger partial charge in [0.25, 0.3) is 0 Å². The predicted molar refractivity (Wildman–Crippen MR) is 65.1 cm³/mol. The van der Waals surface area contributed by atoms with Crippen molar-refractivity contribution in [1.82, 2.24) is 0 Å². The van der Waals surface area contributed by atoms with Gasteiger partial charge in [0.05, 0.1) is 11.2 Å². The average Bonchev–Trinajstić information content (AvgIpc) is 2.27. The summed E-state index contributed by atoms with van der Waals surface area (Å²) in [7, 11) is 0. The molecule has 5 heteroatoms. The lowest BCUT2D eigenvalue weighted by Crippen LogP contribution is -2.22. The highest BCUT2D eigenvalue weighted by atomic mass is 19.4. The molecule has 1 aromatic carbocycles. The molecule has 1 N–H and O–H groups in total. The predicted octanol–water partition coefficient (Wildman–Crippen LogP) is 4.63. The van der Waals surface area contributed by atoms with E-state index in [4.69, 9.17) is 0 Å². The van der Waals surface area contributed by atoms with Gasteiger partial charge in [-0.05, 0) is 31.0 Å². The van der Waals surface area contributed by atoms with Gasteiger partial charge in [-0.3, -0.25) is 0 Å². The smallest absolute Gasteiger partial charge is 0.385 e. The van der Waals surface area contributed by atoms with Crippen molar-refractivity contribution < 1.29 is 22.7 Å². The second kappa shape index (κ2) is 5.90. The standard InChI is InChI=1S/C14H18F4O/c1-3-4-5-8-13(2,19)10-6-7-11(12(15)9-10)14(16,17)18/h6-7,9,19H,3-5,8H2,1-2H3. The van der Waals surface area contributed by atoms with Crippen molar-refractivity contribution in [3.63, 3.8) is 0 Å². The first-order chi connectivity index (χ1) is 8.68. The summed E-state index contributed by atoms with van der Waals surface area (Å²) in [5, 5.41) is 10.2. The molecule has 0 saturated carbocycles. The van der Waals surface area contributed by atoms with Crippen LogP contribution >= 0.6 is 0 Å². The van der Waals surface area contributed by atoms with Crippen molar-refractivity contribution in [1.29, 1.82) is 0 Å². The van der Waals surface area contributed by atoms with Gasteiger partial charge in [0.2, 0.25) is 0 Å². The van der Waals surface area contributed by atoms with Crippen LogP contribution in [-0.2, 0) is 11.8 Å². The van der Waals surface area contributed by atoms with Crippen molar-refractivity contribution in [3.05, 3.63) is 35.1 Å². The van der Waals surface area contributed by atoms with Crippen molar-refractivity contribution >= 4 is 0 Å². The average molecular weight is 278 g/mol. The summed E-state index contributed by atoms with van der Waals surface area (Å²) in [6.07, 6.45) is -1.69. The lowest BCUT2D eigenvalue weighted by atomic mass is 9.89. The summed E-state index contributed by atoms with van der Waals surface area (Å²) < 4.78 is 50.7. The highest BCUT2D eigenvalue weighted by Crippen LogP contribution is 2.34. The lowest BCUT2D eigenvalue weighted by Gasteiger charge is -2.24. The molecular weight excluding hydrogens is 260 g/mol. The molecular formula is C14H18F4O. The summed E-state index contributed by atoms with van der Waals surface area (Å²) >= 11 is 0. The number of hydrogen-bond donors (Lipinski definition) is 1. The van der Waals surface area contributed by atoms with E-state index in [1.165, 1.54) is 6.92 Å². The van der Waals surface area contributed by atoms with Gasteiger partial charge in [0.1, 0.15) is 5.82 Å². The minimum Gasteiger partial charge on any atom is -0.385 e. The van der Waals surface area contributed by atoms with Gasteiger partial charge >= 0.3 is 6.18 Å². The minimum absolute atomic E-state index is 0.175. The van der Waals surface area contributed by atoms with Crippen LogP contribution in [0.4, 0.5) is 17.6 Å². The van der Waals surface area contributed by atoms with Crippen LogP contribution in [0.15, 0.2) is 18.2 Å². The molecule has 1 atom stereocenters. The van der Waals surface area contributed by atoms with E-state index in [9.17, 15) is 22.7 Å². The van der Waals surface area contributed by atoms with E-state index in [1.54, 1.807) is 0 Å². The van der Waals surface area contributed by atoms with Gasteiger partial charge in [-0.2, -0.15) is 13.2 Å². The molecule has 1 unspecified atom stereocenters. The molecule has 0 aliphatic heterocycles. The monoisotopic (exact) mass is 278 g/mol. The van der Waals surface area contributed by atoms with Gasteiger partial charge < -0.3 is 5.11 Å². The number of rotatable bonds is 5. The summed E-state index contributed by atoms with van der Waals surface area (Å²) in [6, 6.07) is 2.59. The molecule has 0 saturated heterocycles. The topological polar surface area (TPSA) is 20.2 Å². The van der Waals surface area contributed by atoms with Gasteiger partial charge in [-0.15, -0.1) is 0 Å². The van der Waals surface area contributed by atoms with Crippen LogP contribution in [0, 0.1) is 5.82 Å². The van der Waals surface area contributed by atoms with Gasteiger partial charge in [-0.25, -0.2) is 4.39 Å². The Hall–Kier alpha value is -1.10. The first-order valence-corrected chi connectivity index (χ1v) is 6.28. The number of hydrogen-bond acceptors (Lipinski definition) is 1. The molecule has 0 aliphatic rings. The van der Waals surface area contributed by atoms with Gasteiger partial charge in [0, 0.05) is 0 Å². The van der Waals surface area contributed by atoms with Crippen molar-refractivity contribution in [2.45, 2.75) is 51.3 Å². The molecule has 108 valence electrons. The maximum Gasteiger partial charge on any atom is 0.419 e. The Bertz CT molecular complexity index is 424. The van der Waals surface area contributed by atoms with E-state index in [2.05, 4.69) is 0 Å². The summed E-state index contributed by atoms with van der Waals surface area (Å²) in [5.74, 6) is -1.35. The van der Waals surface area contributed by atoms with Crippen LogP contribution in [0.1, 0.15) is 50.7 Å². The van der Waals surface area contributed by atoms with Gasteiger partial charge in [0.15, 0.2) is 0 Å². The molecule has 0 fully saturated rings. The third-order valence-corrected chi connectivity index (χ3v) is 3.16. The highest BCUT2D eigenvalue weighted by molar-refractivity contribution is 5.29. The van der Waals surface area contributed by atoms with Gasteiger partial charge in [-0.1, -0.05) is 32.3 Å². The van der Waals surface area contributed by atoms with Crippen LogP contribution < -0.4 is 0 Å². The van der Waals surface area contributed by atoms with E-state index in [-0.39, 0.29) is 5.56 Å². The quantitative estimate of drug-likeness (QED) is 0.615. The van der Waals surface area contributed by atoms with Crippen LogP contribution in [-0.4, -0.2) is 5.11 Å². The van der Waals surface area contributed by atoms with E-state index in [0.29, 0.717) is 12.5 Å². The fourth-order valence-corrected chi connectivity index (χ4v) is 1.94. The number of alkyl halides is 3. The highest BCUT2D eigenvalue weighted by Gasteiger charge is 2.35. The fourth-order valence-electron chi connectivity index (χ4n) is 1.94. The van der Waals surface area contributed by atoms with Crippen LogP contribution in [0.25, 0.3) is 0 Å². The zero-order valence-corrected chi connectivity index (χ0v) is 11.0. The molecule has 1 aromatic rings. The molecule has 0 radical (unpaired) electrons. The zero-order valence-electron chi connectivity index (χ0n) is 11.0. The molecule has 0 bridgehead atoms. The number of benzene rings is 1. The van der Waals surface area contributed by atoms with Crippen LogP contribution in [0.2, 0.25) is 0 Å². The summed E-state index contributed by atoms with van der Waals surface area (Å²) in [5.41, 5.74) is -2.44. The minimum atomic E-state index is -4.71. The molecule has 0 amide bonds. The second-order valence-electron chi connectivity index (χ2n) is 4.92.